The Balaban J connectivity index is 1.63. The number of aliphatic hydroxyl groups is 1. The lowest BCUT2D eigenvalue weighted by atomic mass is 9.97. The van der Waals surface area contributed by atoms with E-state index < -0.39 is 11.0 Å². The zero-order chi connectivity index (χ0) is 27.6. The first-order valence-electron chi connectivity index (χ1n) is 12.5. The van der Waals surface area contributed by atoms with E-state index >= 15 is 0 Å². The highest BCUT2D eigenvalue weighted by molar-refractivity contribution is 5.68. The van der Waals surface area contributed by atoms with Gasteiger partial charge in [0.1, 0.15) is 12.7 Å². The molecule has 2 N–H and O–H groups in total. The molecule has 0 heterocycles. The summed E-state index contributed by atoms with van der Waals surface area (Å²) >= 11 is 0. The summed E-state index contributed by atoms with van der Waals surface area (Å²) in [6.45, 7) is 2.86. The summed E-state index contributed by atoms with van der Waals surface area (Å²) in [5.74, 6) is 0.563. The Bertz CT molecular complexity index is 1470. The summed E-state index contributed by atoms with van der Waals surface area (Å²) in [6.07, 6.45) is -0.545. The molecule has 4 aromatic carbocycles. The van der Waals surface area contributed by atoms with Crippen LogP contribution >= 0.6 is 0 Å². The largest absolute Gasteiger partial charge is 0.485 e. The van der Waals surface area contributed by atoms with Crippen molar-refractivity contribution < 1.29 is 19.5 Å². The van der Waals surface area contributed by atoms with Gasteiger partial charge in [-0.05, 0) is 52.9 Å². The maximum Gasteiger partial charge on any atom is 0.273 e. The van der Waals surface area contributed by atoms with E-state index in [1.165, 1.54) is 18.2 Å². The fraction of sp³-hybridized carbons (Fsp3) is 0.194. The SMILES string of the molecule is Cc1c(COc2cc([N+](=O)[O-])ccc2OC(CNCCO)c2cccc(C#N)c2)cccc1-c1ccccc1. The highest BCUT2D eigenvalue weighted by Crippen LogP contribution is 2.36. The van der Waals surface area contributed by atoms with Gasteiger partial charge < -0.3 is 19.9 Å². The molecule has 0 saturated heterocycles. The highest BCUT2D eigenvalue weighted by Gasteiger charge is 2.20. The Hall–Kier alpha value is -4.71. The van der Waals surface area contributed by atoms with Crippen LogP contribution < -0.4 is 14.8 Å². The number of nitro groups is 1. The fourth-order valence-electron chi connectivity index (χ4n) is 4.25. The zero-order valence-corrected chi connectivity index (χ0v) is 21.5. The first kappa shape index (κ1) is 27.3. The van der Waals surface area contributed by atoms with Crippen LogP contribution in [0.1, 0.15) is 28.4 Å². The van der Waals surface area contributed by atoms with Crippen molar-refractivity contribution in [2.45, 2.75) is 19.6 Å². The van der Waals surface area contributed by atoms with Crippen molar-refractivity contribution in [1.82, 2.24) is 5.32 Å². The molecule has 1 atom stereocenters. The van der Waals surface area contributed by atoms with Crippen LogP contribution in [0.15, 0.2) is 91.0 Å². The number of rotatable bonds is 12. The average molecular weight is 524 g/mol. The lowest BCUT2D eigenvalue weighted by Gasteiger charge is -2.22. The molecule has 39 heavy (non-hydrogen) atoms. The molecule has 0 radical (unpaired) electrons. The van der Waals surface area contributed by atoms with Gasteiger partial charge in [0, 0.05) is 19.2 Å². The molecular formula is C31H29N3O5. The molecule has 0 bridgehead atoms. The van der Waals surface area contributed by atoms with E-state index in [4.69, 9.17) is 9.47 Å². The van der Waals surface area contributed by atoms with Gasteiger partial charge in [0.15, 0.2) is 11.5 Å². The molecule has 198 valence electrons. The molecule has 0 fully saturated rings. The second-order valence-electron chi connectivity index (χ2n) is 8.90. The van der Waals surface area contributed by atoms with Crippen LogP contribution in [0.4, 0.5) is 5.69 Å². The molecule has 0 amide bonds. The Morgan fingerprint density at radius 2 is 1.79 bits per heavy atom. The van der Waals surface area contributed by atoms with Crippen LogP contribution in [0.25, 0.3) is 11.1 Å². The van der Waals surface area contributed by atoms with Gasteiger partial charge in [-0.2, -0.15) is 5.26 Å². The predicted molar refractivity (Wildman–Crippen MR) is 149 cm³/mol. The average Bonchev–Trinajstić information content (AvgIpc) is 2.97. The second kappa shape index (κ2) is 13.2. The summed E-state index contributed by atoms with van der Waals surface area (Å²) in [5, 5.41) is 33.2. The number of aliphatic hydroxyl groups excluding tert-OH is 1. The van der Waals surface area contributed by atoms with Gasteiger partial charge in [0.2, 0.25) is 0 Å². The van der Waals surface area contributed by atoms with Crippen LogP contribution in [0.2, 0.25) is 0 Å². The van der Waals surface area contributed by atoms with Crippen molar-refractivity contribution in [1.29, 1.82) is 5.26 Å². The maximum absolute atomic E-state index is 11.5. The van der Waals surface area contributed by atoms with Gasteiger partial charge >= 0.3 is 0 Å². The molecule has 4 aromatic rings. The van der Waals surface area contributed by atoms with E-state index in [0.29, 0.717) is 24.4 Å². The van der Waals surface area contributed by atoms with Crippen LogP contribution in [-0.4, -0.2) is 29.7 Å². The summed E-state index contributed by atoms with van der Waals surface area (Å²) < 4.78 is 12.5. The summed E-state index contributed by atoms with van der Waals surface area (Å²) in [7, 11) is 0. The van der Waals surface area contributed by atoms with Gasteiger partial charge in [-0.25, -0.2) is 0 Å². The fourth-order valence-corrected chi connectivity index (χ4v) is 4.25. The zero-order valence-electron chi connectivity index (χ0n) is 21.5. The molecule has 0 spiro atoms. The van der Waals surface area contributed by atoms with E-state index in [9.17, 15) is 20.5 Å². The van der Waals surface area contributed by atoms with E-state index in [-0.39, 0.29) is 24.7 Å². The van der Waals surface area contributed by atoms with Crippen LogP contribution in [0, 0.1) is 28.4 Å². The number of hydrogen-bond acceptors (Lipinski definition) is 7. The Morgan fingerprint density at radius 1 is 1.00 bits per heavy atom. The number of ether oxygens (including phenoxy) is 2. The van der Waals surface area contributed by atoms with Crippen molar-refractivity contribution in [3.8, 4) is 28.7 Å². The molecule has 8 heteroatoms. The van der Waals surface area contributed by atoms with Crippen molar-refractivity contribution in [3.63, 3.8) is 0 Å². The van der Waals surface area contributed by atoms with Crippen LogP contribution in [-0.2, 0) is 6.61 Å². The summed E-state index contributed by atoms with van der Waals surface area (Å²) in [4.78, 5) is 11.1. The number of nitro benzene ring substituents is 1. The number of hydrogen-bond donors (Lipinski definition) is 2. The molecular weight excluding hydrogens is 494 g/mol. The summed E-state index contributed by atoms with van der Waals surface area (Å²) in [6, 6.07) is 29.4. The topological polar surface area (TPSA) is 118 Å². The van der Waals surface area contributed by atoms with Crippen molar-refractivity contribution >= 4 is 5.69 Å². The quantitative estimate of drug-likeness (QED) is 0.138. The van der Waals surface area contributed by atoms with E-state index in [2.05, 4.69) is 17.5 Å². The lowest BCUT2D eigenvalue weighted by molar-refractivity contribution is -0.385. The smallest absolute Gasteiger partial charge is 0.273 e. The lowest BCUT2D eigenvalue weighted by Crippen LogP contribution is -2.27. The van der Waals surface area contributed by atoms with Crippen molar-refractivity contribution in [2.24, 2.45) is 0 Å². The Morgan fingerprint density at radius 3 is 2.54 bits per heavy atom. The summed E-state index contributed by atoms with van der Waals surface area (Å²) in [5.41, 5.74) is 5.28. The molecule has 0 aliphatic carbocycles. The van der Waals surface area contributed by atoms with Crippen LogP contribution in [0.3, 0.4) is 0 Å². The van der Waals surface area contributed by atoms with Gasteiger partial charge in [-0.3, -0.25) is 10.1 Å². The maximum atomic E-state index is 11.5. The first-order chi connectivity index (χ1) is 19.0. The Labute approximate surface area is 227 Å². The predicted octanol–water partition coefficient (Wildman–Crippen LogP) is 5.72. The first-order valence-corrected chi connectivity index (χ1v) is 12.5. The van der Waals surface area contributed by atoms with Crippen molar-refractivity contribution in [3.05, 3.63) is 123 Å². The molecule has 0 aliphatic heterocycles. The highest BCUT2D eigenvalue weighted by atomic mass is 16.6. The van der Waals surface area contributed by atoms with Gasteiger partial charge in [0.25, 0.3) is 5.69 Å². The van der Waals surface area contributed by atoms with E-state index in [0.717, 1.165) is 27.8 Å². The molecule has 8 nitrogen and oxygen atoms in total. The number of nitrogens with one attached hydrogen (secondary N) is 1. The van der Waals surface area contributed by atoms with Gasteiger partial charge in [0.05, 0.1) is 29.2 Å². The normalized spacial score (nSPS) is 11.4. The minimum Gasteiger partial charge on any atom is -0.485 e. The Kier molecular flexibility index (Phi) is 9.25. The minimum atomic E-state index is -0.545. The molecule has 0 aliphatic rings. The third-order valence-corrected chi connectivity index (χ3v) is 6.33. The number of nitriles is 1. The molecule has 0 aromatic heterocycles. The van der Waals surface area contributed by atoms with Crippen LogP contribution in [0.5, 0.6) is 11.5 Å². The second-order valence-corrected chi connectivity index (χ2v) is 8.90. The molecule has 0 saturated carbocycles. The van der Waals surface area contributed by atoms with E-state index in [1.807, 2.05) is 55.5 Å². The van der Waals surface area contributed by atoms with Gasteiger partial charge in [-0.15, -0.1) is 0 Å². The number of benzene rings is 4. The molecule has 4 rings (SSSR count). The molecule has 1 unspecified atom stereocenters. The number of non-ortho nitro benzene ring substituents is 1. The van der Waals surface area contributed by atoms with E-state index in [1.54, 1.807) is 18.2 Å². The van der Waals surface area contributed by atoms with Crippen molar-refractivity contribution in [2.75, 3.05) is 19.7 Å². The monoisotopic (exact) mass is 523 g/mol. The third-order valence-electron chi connectivity index (χ3n) is 6.33. The minimum absolute atomic E-state index is 0.0434. The van der Waals surface area contributed by atoms with Gasteiger partial charge in [-0.1, -0.05) is 60.7 Å². The third kappa shape index (κ3) is 6.99. The number of nitrogens with zero attached hydrogens (tertiary/aromatic N) is 2. The standard InChI is InChI=1S/C31H29N3O5/c1-22-26(11-6-12-28(22)24-8-3-2-4-9-24)21-38-30-18-27(34(36)37)13-14-29(30)39-31(20-33-15-16-35)25-10-5-7-23(17-25)19-32/h2-14,17-18,31,33,35H,15-16,20-21H2,1H3.